The Morgan fingerprint density at radius 3 is 2.61 bits per heavy atom. The molecule has 1 aromatic carbocycles. The monoisotopic (exact) mass is 285 g/mol. The topological polar surface area (TPSA) is 44.0 Å². The molecule has 4 nitrogen and oxygen atoms in total. The van der Waals surface area contributed by atoms with Crippen molar-refractivity contribution in [3.63, 3.8) is 0 Å². The summed E-state index contributed by atoms with van der Waals surface area (Å²) in [5.41, 5.74) is 0.566. The molecule has 0 saturated heterocycles. The van der Waals surface area contributed by atoms with E-state index in [2.05, 4.69) is 0 Å². The van der Waals surface area contributed by atoms with Crippen LogP contribution >= 0.6 is 19.3 Å². The molecule has 0 fully saturated rings. The summed E-state index contributed by atoms with van der Waals surface area (Å²) in [6, 6.07) is 7.28. The van der Waals surface area contributed by atoms with Gasteiger partial charge in [-0.05, 0) is 23.1 Å². The van der Waals surface area contributed by atoms with Crippen molar-refractivity contribution in [2.75, 3.05) is 5.88 Å². The number of fused-ring (bicyclic) bond motifs is 1. The first kappa shape index (κ1) is 13.3. The lowest BCUT2D eigenvalue weighted by atomic mass is 10.2. The van der Waals surface area contributed by atoms with Gasteiger partial charge in [0.2, 0.25) is 0 Å². The van der Waals surface area contributed by atoms with Gasteiger partial charge in [0.05, 0.1) is 24.0 Å². The number of benzene rings is 1. The third kappa shape index (κ3) is 2.23. The van der Waals surface area contributed by atoms with E-state index in [4.69, 9.17) is 11.6 Å². The van der Waals surface area contributed by atoms with E-state index in [1.807, 2.05) is 25.1 Å². The van der Waals surface area contributed by atoms with E-state index < -0.39 is 7.73 Å². The summed E-state index contributed by atoms with van der Waals surface area (Å²) in [4.78, 5) is 12.2. The van der Waals surface area contributed by atoms with Crippen LogP contribution in [-0.2, 0) is 17.7 Å². The van der Waals surface area contributed by atoms with Gasteiger partial charge < -0.3 is 0 Å². The van der Waals surface area contributed by atoms with Gasteiger partial charge in [-0.15, -0.1) is 20.3 Å². The fraction of sp³-hybridized carbons (Fsp3) is 0.417. The number of halogens is 1. The summed E-state index contributed by atoms with van der Waals surface area (Å²) in [5, 5.41) is 0.602. The van der Waals surface area contributed by atoms with Crippen LogP contribution in [0.2, 0.25) is 0 Å². The van der Waals surface area contributed by atoms with Crippen molar-refractivity contribution < 1.29 is 4.57 Å². The Kier molecular flexibility index (Phi) is 4.20. The van der Waals surface area contributed by atoms with Crippen LogP contribution < -0.4 is 5.56 Å². The number of aromatic nitrogens is 2. The van der Waals surface area contributed by atoms with Gasteiger partial charge in [-0.2, -0.15) is 0 Å². The molecule has 18 heavy (non-hydrogen) atoms. The first-order valence-electron chi connectivity index (χ1n) is 5.92. The zero-order valence-corrected chi connectivity index (χ0v) is 11.8. The Balaban J connectivity index is 2.87. The molecule has 6 heteroatoms. The van der Waals surface area contributed by atoms with Gasteiger partial charge in [0.25, 0.3) is 5.56 Å². The number of hydrogen-bond donors (Lipinski definition) is 0. The fourth-order valence-corrected chi connectivity index (χ4v) is 3.82. The quantitative estimate of drug-likeness (QED) is 0.810. The Bertz CT molecular complexity index is 678. The van der Waals surface area contributed by atoms with Crippen LogP contribution in [0.3, 0.4) is 0 Å². The number of para-hydroxylation sites is 1. The van der Waals surface area contributed by atoms with Crippen molar-refractivity contribution in [2.24, 2.45) is 0 Å². The van der Waals surface area contributed by atoms with E-state index >= 15 is 0 Å². The molecule has 1 atom stereocenters. The first-order chi connectivity index (χ1) is 8.70. The van der Waals surface area contributed by atoms with Gasteiger partial charge in [0, 0.05) is 5.88 Å². The van der Waals surface area contributed by atoms with Gasteiger partial charge >= 0.3 is 7.73 Å². The lowest BCUT2D eigenvalue weighted by molar-refractivity contribution is 0.566. The second kappa shape index (κ2) is 5.68. The summed E-state index contributed by atoms with van der Waals surface area (Å²) >= 11 is 5.68. The number of rotatable bonds is 4. The van der Waals surface area contributed by atoms with Crippen LogP contribution in [-0.4, -0.2) is 14.5 Å². The SMILES string of the molecule is CCCn1c2ccccc2c(=O)n(CCCl)[p+]1=O. The maximum Gasteiger partial charge on any atom is 0.598 e. The van der Waals surface area contributed by atoms with E-state index in [0.29, 0.717) is 18.5 Å². The molecule has 0 aliphatic rings. The molecule has 1 heterocycles. The molecule has 1 aromatic heterocycles. The zero-order valence-electron chi connectivity index (χ0n) is 10.2. The second-order valence-electron chi connectivity index (χ2n) is 4.01. The minimum Gasteiger partial charge on any atom is -0.265 e. The van der Waals surface area contributed by atoms with Crippen molar-refractivity contribution in [3.8, 4) is 0 Å². The molecule has 0 aliphatic heterocycles. The third-order valence-electron chi connectivity index (χ3n) is 2.79. The molecule has 0 spiro atoms. The Morgan fingerprint density at radius 1 is 1.22 bits per heavy atom. The van der Waals surface area contributed by atoms with Crippen LogP contribution in [0.1, 0.15) is 13.3 Å². The molecule has 0 N–H and O–H groups in total. The molecule has 0 bridgehead atoms. The van der Waals surface area contributed by atoms with Gasteiger partial charge in [-0.3, -0.25) is 4.79 Å². The first-order valence-corrected chi connectivity index (χ1v) is 7.62. The molecule has 2 aromatic rings. The molecule has 0 amide bonds. The molecule has 0 aliphatic carbocycles. The normalized spacial score (nSPS) is 12.0. The smallest absolute Gasteiger partial charge is 0.265 e. The van der Waals surface area contributed by atoms with E-state index in [9.17, 15) is 9.36 Å². The van der Waals surface area contributed by atoms with Crippen LogP contribution in [0.25, 0.3) is 10.9 Å². The Morgan fingerprint density at radius 2 is 1.94 bits per heavy atom. The van der Waals surface area contributed by atoms with Gasteiger partial charge in [0.1, 0.15) is 0 Å². The van der Waals surface area contributed by atoms with E-state index in [1.54, 1.807) is 10.4 Å². The maximum absolute atomic E-state index is 12.4. The van der Waals surface area contributed by atoms with Crippen LogP contribution in [0, 0.1) is 0 Å². The van der Waals surface area contributed by atoms with Crippen molar-refractivity contribution >= 4 is 30.2 Å². The summed E-state index contributed by atoms with van der Waals surface area (Å²) in [5.74, 6) is 0.287. The summed E-state index contributed by atoms with van der Waals surface area (Å²) in [6.07, 6.45) is 0.873. The molecule has 2 rings (SSSR count). The number of nitrogens with zero attached hydrogens (tertiary/aromatic N) is 2. The Labute approximate surface area is 111 Å². The molecule has 0 saturated carbocycles. The minimum atomic E-state index is -1.87. The number of hydrogen-bond acceptors (Lipinski definition) is 2. The standard InChI is InChI=1S/C12H15ClN2O2P/c1-2-8-14-11-6-4-3-5-10(11)12(16)15(9-7-13)18(14)17/h3-6H,2,7-9H2,1H3/q+1. The lowest BCUT2D eigenvalue weighted by Gasteiger charge is -2.03. The average Bonchev–Trinajstić information content (AvgIpc) is 2.39. The van der Waals surface area contributed by atoms with Crippen molar-refractivity contribution in [1.29, 1.82) is 0 Å². The summed E-state index contributed by atoms with van der Waals surface area (Å²) in [7, 11) is -1.87. The molecule has 96 valence electrons. The third-order valence-corrected chi connectivity index (χ3v) is 4.58. The van der Waals surface area contributed by atoms with Gasteiger partial charge in [0.15, 0.2) is 0 Å². The molecular weight excluding hydrogens is 271 g/mol. The van der Waals surface area contributed by atoms with E-state index in [-0.39, 0.29) is 11.4 Å². The highest BCUT2D eigenvalue weighted by atomic mass is 35.5. The number of alkyl halides is 1. The maximum atomic E-state index is 12.4. The number of aryl methyl sites for hydroxylation is 1. The predicted octanol–water partition coefficient (Wildman–Crippen LogP) is 3.19. The van der Waals surface area contributed by atoms with E-state index in [0.717, 1.165) is 11.9 Å². The van der Waals surface area contributed by atoms with E-state index in [1.165, 1.54) is 4.33 Å². The van der Waals surface area contributed by atoms with Crippen LogP contribution in [0.15, 0.2) is 29.1 Å². The van der Waals surface area contributed by atoms with Gasteiger partial charge in [-0.25, -0.2) is 0 Å². The second-order valence-corrected chi connectivity index (χ2v) is 5.86. The highest BCUT2D eigenvalue weighted by Gasteiger charge is 2.21. The predicted molar refractivity (Wildman–Crippen MR) is 74.8 cm³/mol. The summed E-state index contributed by atoms with van der Waals surface area (Å²) < 4.78 is 15.6. The van der Waals surface area contributed by atoms with Crippen molar-refractivity contribution in [3.05, 3.63) is 34.6 Å². The highest BCUT2D eigenvalue weighted by Crippen LogP contribution is 2.20. The zero-order chi connectivity index (χ0) is 13.1. The van der Waals surface area contributed by atoms with Crippen LogP contribution in [0.4, 0.5) is 0 Å². The minimum absolute atomic E-state index is 0.195. The molecule has 0 radical (unpaired) electrons. The average molecular weight is 286 g/mol. The van der Waals surface area contributed by atoms with Gasteiger partial charge in [-0.1, -0.05) is 19.1 Å². The molecular formula is C12H15ClN2O2P+. The van der Waals surface area contributed by atoms with Crippen molar-refractivity contribution in [1.82, 2.24) is 8.66 Å². The Hall–Kier alpha value is -1.12. The van der Waals surface area contributed by atoms with Crippen molar-refractivity contribution in [2.45, 2.75) is 26.4 Å². The summed E-state index contributed by atoms with van der Waals surface area (Å²) in [6.45, 7) is 3.00. The van der Waals surface area contributed by atoms with Crippen LogP contribution in [0.5, 0.6) is 0 Å². The lowest BCUT2D eigenvalue weighted by Crippen LogP contribution is -2.21. The fourth-order valence-electron chi connectivity index (χ4n) is 2.00. The highest BCUT2D eigenvalue weighted by molar-refractivity contribution is 7.29. The molecule has 1 unspecified atom stereocenters. The largest absolute Gasteiger partial charge is 0.598 e.